The number of carbonyl (C=O) groups is 5. The summed E-state index contributed by atoms with van der Waals surface area (Å²) in [7, 11) is 0. The van der Waals surface area contributed by atoms with Gasteiger partial charge < -0.3 is 65.0 Å². The highest BCUT2D eigenvalue weighted by Gasteiger charge is 2.29. The molecule has 19 nitrogen and oxygen atoms in total. The van der Waals surface area contributed by atoms with Crippen LogP contribution >= 0.6 is 0 Å². The van der Waals surface area contributed by atoms with Gasteiger partial charge in [-0.1, -0.05) is 36.4 Å². The first kappa shape index (κ1) is 41.1. The van der Waals surface area contributed by atoms with Crippen molar-refractivity contribution in [1.82, 2.24) is 31.2 Å². The molecule has 0 aliphatic heterocycles. The lowest BCUT2D eigenvalue weighted by molar-refractivity contribution is -0.142. The number of aliphatic carboxylic acids is 1. The van der Waals surface area contributed by atoms with E-state index in [1.54, 1.807) is 12.4 Å². The van der Waals surface area contributed by atoms with Crippen molar-refractivity contribution < 1.29 is 29.1 Å². The summed E-state index contributed by atoms with van der Waals surface area (Å²) in [5, 5.41) is 21.9. The number of rotatable bonds is 21. The predicted molar refractivity (Wildman–Crippen MR) is 208 cm³/mol. The molecule has 0 spiro atoms. The molecule has 0 unspecified atom stereocenters. The number of nitrogens with one attached hydrogen (secondary N) is 6. The van der Waals surface area contributed by atoms with E-state index in [4.69, 9.17) is 28.7 Å². The van der Waals surface area contributed by atoms with Gasteiger partial charge in [0.2, 0.25) is 23.6 Å². The number of aromatic nitrogens is 2. The summed E-state index contributed by atoms with van der Waals surface area (Å²) in [4.78, 5) is 79.8. The zero-order chi connectivity index (χ0) is 39.9. The zero-order valence-corrected chi connectivity index (χ0v) is 30.2. The van der Waals surface area contributed by atoms with Crippen molar-refractivity contribution in [1.29, 1.82) is 0 Å². The first-order valence-corrected chi connectivity index (χ1v) is 17.7. The van der Waals surface area contributed by atoms with E-state index in [9.17, 15) is 29.1 Å². The van der Waals surface area contributed by atoms with Crippen LogP contribution in [0, 0.1) is 0 Å². The number of benzene rings is 2. The monoisotopic (exact) mass is 759 g/mol. The molecular formula is C36H49N13O6. The van der Waals surface area contributed by atoms with Gasteiger partial charge in [-0.2, -0.15) is 0 Å². The molecule has 4 atom stereocenters. The largest absolute Gasteiger partial charge is 0.480 e. The van der Waals surface area contributed by atoms with Crippen LogP contribution in [0.5, 0.6) is 0 Å². The summed E-state index contributed by atoms with van der Waals surface area (Å²) in [6.07, 6.45) is 4.44. The highest BCUT2D eigenvalue weighted by Crippen LogP contribution is 2.21. The van der Waals surface area contributed by atoms with Crippen molar-refractivity contribution >= 4 is 63.3 Å². The summed E-state index contributed by atoms with van der Waals surface area (Å²) in [5.74, 6) is -4.25. The Morgan fingerprint density at radius 1 is 0.655 bits per heavy atom. The van der Waals surface area contributed by atoms with Crippen LogP contribution in [0.1, 0.15) is 36.8 Å². The molecule has 4 aromatic rings. The fourth-order valence-electron chi connectivity index (χ4n) is 5.96. The van der Waals surface area contributed by atoms with Crippen LogP contribution in [-0.2, 0) is 36.8 Å². The Hall–Kier alpha value is -6.63. The fraction of sp³-hybridized carbons (Fsp3) is 0.361. The minimum absolute atomic E-state index is 0.00378. The average molecular weight is 760 g/mol. The lowest BCUT2D eigenvalue weighted by Gasteiger charge is -2.23. The molecule has 0 aliphatic rings. The van der Waals surface area contributed by atoms with Gasteiger partial charge in [-0.3, -0.25) is 29.2 Å². The van der Waals surface area contributed by atoms with Crippen LogP contribution in [0.4, 0.5) is 0 Å². The number of guanidine groups is 2. The van der Waals surface area contributed by atoms with E-state index in [1.165, 1.54) is 0 Å². The van der Waals surface area contributed by atoms with E-state index >= 15 is 0 Å². The smallest absolute Gasteiger partial charge is 0.326 e. The number of nitrogens with zero attached hydrogens (tertiary/aromatic N) is 2. The molecule has 0 bridgehead atoms. The molecule has 0 saturated carbocycles. The maximum Gasteiger partial charge on any atom is 0.326 e. The first-order valence-electron chi connectivity index (χ1n) is 17.7. The fourth-order valence-corrected chi connectivity index (χ4v) is 5.96. The van der Waals surface area contributed by atoms with Gasteiger partial charge in [0, 0.05) is 60.1 Å². The van der Waals surface area contributed by atoms with Gasteiger partial charge in [-0.25, -0.2) is 4.79 Å². The van der Waals surface area contributed by atoms with Crippen molar-refractivity contribution in [3.8, 4) is 0 Å². The Balaban J connectivity index is 1.47. The van der Waals surface area contributed by atoms with Crippen LogP contribution in [0.3, 0.4) is 0 Å². The molecule has 2 aromatic carbocycles. The minimum Gasteiger partial charge on any atom is -0.480 e. The van der Waals surface area contributed by atoms with Crippen LogP contribution < -0.4 is 49.9 Å². The third-order valence-corrected chi connectivity index (χ3v) is 8.77. The van der Waals surface area contributed by atoms with E-state index in [1.807, 2.05) is 48.5 Å². The quantitative estimate of drug-likeness (QED) is 0.0264. The second-order valence-corrected chi connectivity index (χ2v) is 12.9. The minimum atomic E-state index is -1.30. The van der Waals surface area contributed by atoms with Gasteiger partial charge in [0.1, 0.15) is 18.1 Å². The van der Waals surface area contributed by atoms with Crippen LogP contribution in [0.15, 0.2) is 70.9 Å². The maximum absolute atomic E-state index is 13.6. The molecule has 4 rings (SSSR count). The number of carbonyl (C=O) groups excluding carboxylic acids is 4. The van der Waals surface area contributed by atoms with E-state index in [2.05, 4.69) is 41.2 Å². The standard InChI is InChI=1S/C36H49N13O6/c37-24(9-5-13-42-35(38)39)31(51)49-28(15-20-17-44-25-10-3-1-7-22(20)25)32(52)46-19-30(50)47-29(16-21-18-45-26-11-4-2-8-23(21)26)33(53)48-27(34(54)55)12-6-14-43-36(40)41/h1-4,7-8,10-11,17-18,24,27-29,44-45H,5-6,9,12-16,19,37H2,(H,46,52)(H,47,50)(H,48,53)(H,49,51)(H,54,55)(H4,38,39,42)(H4,40,41,43)/t24-,27-,28-,29-/m0/s1. The Labute approximate surface area is 316 Å². The number of aliphatic imine (C=N–C) groups is 2. The van der Waals surface area contributed by atoms with Crippen molar-refractivity contribution in [3.63, 3.8) is 0 Å². The number of para-hydroxylation sites is 2. The molecule has 2 heterocycles. The number of fused-ring (bicyclic) bond motifs is 2. The highest BCUT2D eigenvalue weighted by atomic mass is 16.4. The normalized spacial score (nSPS) is 13.2. The molecule has 2 aromatic heterocycles. The van der Waals surface area contributed by atoms with Gasteiger partial charge in [0.15, 0.2) is 11.9 Å². The third-order valence-electron chi connectivity index (χ3n) is 8.77. The number of nitrogens with two attached hydrogens (primary N) is 5. The molecule has 0 saturated heterocycles. The summed E-state index contributed by atoms with van der Waals surface area (Å²) in [6, 6.07) is 10.2. The van der Waals surface area contributed by atoms with E-state index < -0.39 is 60.3 Å². The molecule has 4 amide bonds. The SMILES string of the molecule is NC(N)=NCCC[C@H](NC(=O)[C@H](Cc1c[nH]c2ccccc12)NC(=O)CNC(=O)[C@H](Cc1c[nH]c2ccccc12)NC(=O)[C@@H](N)CCCN=C(N)N)C(=O)O. The Morgan fingerprint density at radius 3 is 1.67 bits per heavy atom. The Bertz CT molecular complexity index is 2010. The number of hydrogen-bond acceptors (Lipinski definition) is 8. The number of aromatic amines is 2. The highest BCUT2D eigenvalue weighted by molar-refractivity contribution is 5.95. The summed E-state index contributed by atoms with van der Waals surface area (Å²) < 4.78 is 0. The van der Waals surface area contributed by atoms with E-state index in [-0.39, 0.29) is 57.1 Å². The molecule has 294 valence electrons. The average Bonchev–Trinajstić information content (AvgIpc) is 3.76. The first-order chi connectivity index (χ1) is 26.3. The number of carboxylic acid groups (broad SMARTS) is 1. The van der Waals surface area contributed by atoms with Gasteiger partial charge >= 0.3 is 5.97 Å². The van der Waals surface area contributed by atoms with E-state index in [0.717, 1.165) is 27.4 Å². The Morgan fingerprint density at radius 2 is 1.15 bits per heavy atom. The van der Waals surface area contributed by atoms with Gasteiger partial charge in [0.05, 0.1) is 12.6 Å². The number of hydrogen-bond donors (Lipinski definition) is 12. The molecule has 0 aliphatic carbocycles. The summed E-state index contributed by atoms with van der Waals surface area (Å²) in [5.41, 5.74) is 30.6. The van der Waals surface area contributed by atoms with Gasteiger partial charge in [0.25, 0.3) is 0 Å². The second kappa shape index (κ2) is 20.0. The molecule has 19 heteroatoms. The van der Waals surface area contributed by atoms with Crippen LogP contribution in [0.25, 0.3) is 21.8 Å². The lowest BCUT2D eigenvalue weighted by Crippen LogP contribution is -2.56. The number of H-pyrrole nitrogens is 2. The van der Waals surface area contributed by atoms with Crippen molar-refractivity contribution in [2.75, 3.05) is 19.6 Å². The zero-order valence-electron chi connectivity index (χ0n) is 30.2. The van der Waals surface area contributed by atoms with Crippen molar-refractivity contribution in [2.45, 2.75) is 62.7 Å². The molecule has 0 radical (unpaired) electrons. The van der Waals surface area contributed by atoms with E-state index in [0.29, 0.717) is 12.0 Å². The predicted octanol–water partition coefficient (Wildman–Crippen LogP) is -1.48. The van der Waals surface area contributed by atoms with Gasteiger partial charge in [-0.15, -0.1) is 0 Å². The van der Waals surface area contributed by atoms with Crippen LogP contribution in [0.2, 0.25) is 0 Å². The number of carboxylic acids is 1. The molecule has 17 N–H and O–H groups in total. The lowest BCUT2D eigenvalue weighted by atomic mass is 10.0. The Kier molecular flexibility index (Phi) is 15.0. The topological polar surface area (TPSA) is 340 Å². The van der Waals surface area contributed by atoms with Crippen molar-refractivity contribution in [2.24, 2.45) is 38.7 Å². The molecular weight excluding hydrogens is 710 g/mol. The summed E-state index contributed by atoms with van der Waals surface area (Å²) in [6.45, 7) is -0.139. The molecule has 55 heavy (non-hydrogen) atoms. The van der Waals surface area contributed by atoms with Crippen LogP contribution in [-0.4, -0.2) is 100 Å². The van der Waals surface area contributed by atoms with Crippen molar-refractivity contribution in [3.05, 3.63) is 72.1 Å². The summed E-state index contributed by atoms with van der Waals surface area (Å²) >= 11 is 0. The number of amides is 4. The molecule has 0 fully saturated rings. The second-order valence-electron chi connectivity index (χ2n) is 12.9. The third kappa shape index (κ3) is 12.5. The maximum atomic E-state index is 13.6. The van der Waals surface area contributed by atoms with Gasteiger partial charge in [-0.05, 0) is 48.9 Å².